The number of carboxylic acid groups (broad SMARTS) is 1. The van der Waals surface area contributed by atoms with Crippen molar-refractivity contribution in [2.45, 2.75) is 20.3 Å². The van der Waals surface area contributed by atoms with E-state index >= 15 is 0 Å². The van der Waals surface area contributed by atoms with Crippen molar-refractivity contribution in [2.75, 3.05) is 19.7 Å². The molecule has 0 saturated carbocycles. The molecule has 2 aromatic rings. The summed E-state index contributed by atoms with van der Waals surface area (Å²) in [5.74, 6) is -0.948. The lowest BCUT2D eigenvalue weighted by Gasteiger charge is -2.15. The molecule has 26 heavy (non-hydrogen) atoms. The lowest BCUT2D eigenvalue weighted by Crippen LogP contribution is -2.30. The quantitative estimate of drug-likeness (QED) is 0.858. The molecule has 3 rings (SSSR count). The van der Waals surface area contributed by atoms with Crippen LogP contribution in [0.25, 0.3) is 5.69 Å². The van der Waals surface area contributed by atoms with Crippen LogP contribution in [-0.2, 0) is 4.79 Å². The van der Waals surface area contributed by atoms with Crippen LogP contribution in [0.5, 0.6) is 5.75 Å². The first-order valence-electron chi connectivity index (χ1n) is 8.75. The van der Waals surface area contributed by atoms with Crippen molar-refractivity contribution in [2.24, 2.45) is 11.8 Å². The fourth-order valence-electron chi connectivity index (χ4n) is 2.88. The molecule has 1 atom stereocenters. The molecule has 0 spiro atoms. The number of aromatic nitrogens is 2. The maximum absolute atomic E-state index is 12.9. The molecule has 1 aromatic heterocycles. The molecule has 1 aliphatic heterocycles. The molecule has 7 nitrogen and oxygen atoms in total. The zero-order valence-electron chi connectivity index (χ0n) is 15.0. The molecule has 1 aliphatic rings. The van der Waals surface area contributed by atoms with Crippen molar-refractivity contribution in [1.29, 1.82) is 0 Å². The molecular formula is C19H23N3O4. The van der Waals surface area contributed by atoms with Gasteiger partial charge in [0.2, 0.25) is 0 Å². The Kier molecular flexibility index (Phi) is 5.25. The van der Waals surface area contributed by atoms with Crippen LogP contribution in [0.2, 0.25) is 0 Å². The SMILES string of the molecule is CC(C)COc1cn(-c2ccccc2)nc1C(=O)N1CC[C@@H](C(=O)O)C1. The highest BCUT2D eigenvalue weighted by atomic mass is 16.5. The van der Waals surface area contributed by atoms with Gasteiger partial charge in [-0.1, -0.05) is 32.0 Å². The smallest absolute Gasteiger partial charge is 0.308 e. The van der Waals surface area contributed by atoms with Gasteiger partial charge in [-0.25, -0.2) is 4.68 Å². The highest BCUT2D eigenvalue weighted by Gasteiger charge is 2.33. The Morgan fingerprint density at radius 2 is 2.04 bits per heavy atom. The molecule has 0 aliphatic carbocycles. The maximum Gasteiger partial charge on any atom is 0.308 e. The molecule has 1 aromatic carbocycles. The molecule has 0 unspecified atom stereocenters. The fraction of sp³-hybridized carbons (Fsp3) is 0.421. The third-order valence-corrected chi connectivity index (χ3v) is 4.30. The van der Waals surface area contributed by atoms with Crippen molar-refractivity contribution in [1.82, 2.24) is 14.7 Å². The van der Waals surface area contributed by atoms with Gasteiger partial charge in [0, 0.05) is 13.1 Å². The van der Waals surface area contributed by atoms with Crippen molar-refractivity contribution in [3.63, 3.8) is 0 Å². The maximum atomic E-state index is 12.9. The first-order chi connectivity index (χ1) is 12.5. The topological polar surface area (TPSA) is 84.7 Å². The molecule has 1 fully saturated rings. The average Bonchev–Trinajstić information content (AvgIpc) is 3.27. The zero-order chi connectivity index (χ0) is 18.7. The summed E-state index contributed by atoms with van der Waals surface area (Å²) in [4.78, 5) is 25.6. The number of hydrogen-bond acceptors (Lipinski definition) is 4. The van der Waals surface area contributed by atoms with Gasteiger partial charge in [-0.05, 0) is 24.5 Å². The van der Waals surface area contributed by atoms with E-state index in [2.05, 4.69) is 5.10 Å². The molecule has 7 heteroatoms. The summed E-state index contributed by atoms with van der Waals surface area (Å²) in [6, 6.07) is 9.48. The standard InChI is InChI=1S/C19H23N3O4/c1-13(2)12-26-16-11-22(15-6-4-3-5-7-15)20-17(16)18(23)21-9-8-14(10-21)19(24)25/h3-7,11,13-14H,8-10,12H2,1-2H3,(H,24,25)/t14-/m1/s1. The number of rotatable bonds is 6. The number of para-hydroxylation sites is 1. The van der Waals surface area contributed by atoms with Crippen LogP contribution in [0, 0.1) is 11.8 Å². The molecule has 1 saturated heterocycles. The molecule has 0 bridgehead atoms. The van der Waals surface area contributed by atoms with Crippen LogP contribution in [0.3, 0.4) is 0 Å². The Balaban J connectivity index is 1.87. The van der Waals surface area contributed by atoms with Crippen LogP contribution in [-0.4, -0.2) is 51.4 Å². The number of aliphatic carboxylic acids is 1. The van der Waals surface area contributed by atoms with Gasteiger partial charge in [0.1, 0.15) is 0 Å². The predicted molar refractivity (Wildman–Crippen MR) is 95.5 cm³/mol. The summed E-state index contributed by atoms with van der Waals surface area (Å²) in [7, 11) is 0. The number of ether oxygens (including phenoxy) is 1. The van der Waals surface area contributed by atoms with E-state index < -0.39 is 11.9 Å². The Labute approximate surface area is 152 Å². The highest BCUT2D eigenvalue weighted by molar-refractivity contribution is 5.95. The van der Waals surface area contributed by atoms with Crippen molar-refractivity contribution >= 4 is 11.9 Å². The predicted octanol–water partition coefficient (Wildman–Crippen LogP) is 2.45. The number of benzene rings is 1. The highest BCUT2D eigenvalue weighted by Crippen LogP contribution is 2.25. The number of amides is 1. The Morgan fingerprint density at radius 1 is 1.31 bits per heavy atom. The molecule has 2 heterocycles. The number of hydrogen-bond donors (Lipinski definition) is 1. The molecular weight excluding hydrogens is 334 g/mol. The number of carbonyl (C=O) groups is 2. The fourth-order valence-corrected chi connectivity index (χ4v) is 2.88. The number of nitrogens with zero attached hydrogens (tertiary/aromatic N) is 3. The van der Waals surface area contributed by atoms with Crippen LogP contribution in [0.4, 0.5) is 0 Å². The lowest BCUT2D eigenvalue weighted by molar-refractivity contribution is -0.141. The summed E-state index contributed by atoms with van der Waals surface area (Å²) in [6.45, 7) is 5.15. The van der Waals surface area contributed by atoms with Crippen LogP contribution >= 0.6 is 0 Å². The normalized spacial score (nSPS) is 16.9. The van der Waals surface area contributed by atoms with Gasteiger partial charge in [-0.2, -0.15) is 5.10 Å². The van der Waals surface area contributed by atoms with E-state index in [4.69, 9.17) is 9.84 Å². The van der Waals surface area contributed by atoms with Crippen LogP contribution < -0.4 is 4.74 Å². The number of carboxylic acids is 1. The minimum Gasteiger partial charge on any atom is -0.489 e. The minimum atomic E-state index is -0.869. The Hall–Kier alpha value is -2.83. The first kappa shape index (κ1) is 18.0. The van der Waals surface area contributed by atoms with Gasteiger partial charge in [0.05, 0.1) is 24.4 Å². The summed E-state index contributed by atoms with van der Waals surface area (Å²) in [5.41, 5.74) is 1.05. The van der Waals surface area contributed by atoms with Gasteiger partial charge < -0.3 is 14.7 Å². The van der Waals surface area contributed by atoms with Crippen molar-refractivity contribution < 1.29 is 19.4 Å². The van der Waals surface area contributed by atoms with Gasteiger partial charge >= 0.3 is 5.97 Å². The first-order valence-corrected chi connectivity index (χ1v) is 8.75. The van der Waals surface area contributed by atoms with Crippen LogP contribution in [0.15, 0.2) is 36.5 Å². The Morgan fingerprint density at radius 3 is 2.65 bits per heavy atom. The number of carbonyl (C=O) groups excluding carboxylic acids is 1. The van der Waals surface area contributed by atoms with E-state index in [0.29, 0.717) is 31.2 Å². The minimum absolute atomic E-state index is 0.204. The third kappa shape index (κ3) is 3.87. The monoisotopic (exact) mass is 357 g/mol. The van der Waals surface area contributed by atoms with E-state index in [-0.39, 0.29) is 18.1 Å². The van der Waals surface area contributed by atoms with Gasteiger partial charge in [-0.15, -0.1) is 0 Å². The second kappa shape index (κ2) is 7.59. The van der Waals surface area contributed by atoms with E-state index in [1.54, 1.807) is 15.8 Å². The second-order valence-corrected chi connectivity index (χ2v) is 6.90. The van der Waals surface area contributed by atoms with Gasteiger partial charge in [0.15, 0.2) is 11.4 Å². The summed E-state index contributed by atoms with van der Waals surface area (Å²) < 4.78 is 7.43. The molecule has 1 N–H and O–H groups in total. The van der Waals surface area contributed by atoms with E-state index in [9.17, 15) is 9.59 Å². The van der Waals surface area contributed by atoms with E-state index in [1.807, 2.05) is 44.2 Å². The third-order valence-electron chi connectivity index (χ3n) is 4.30. The van der Waals surface area contributed by atoms with Crippen molar-refractivity contribution in [3.05, 3.63) is 42.2 Å². The molecule has 1 amide bonds. The van der Waals surface area contributed by atoms with E-state index in [0.717, 1.165) is 5.69 Å². The lowest BCUT2D eigenvalue weighted by atomic mass is 10.1. The molecule has 0 radical (unpaired) electrons. The van der Waals surface area contributed by atoms with Crippen LogP contribution in [0.1, 0.15) is 30.8 Å². The summed E-state index contributed by atoms with van der Waals surface area (Å²) >= 11 is 0. The molecule has 138 valence electrons. The zero-order valence-corrected chi connectivity index (χ0v) is 15.0. The van der Waals surface area contributed by atoms with Crippen molar-refractivity contribution in [3.8, 4) is 11.4 Å². The summed E-state index contributed by atoms with van der Waals surface area (Å²) in [6.07, 6.45) is 2.17. The van der Waals surface area contributed by atoms with Gasteiger partial charge in [0.25, 0.3) is 5.91 Å². The Bertz CT molecular complexity index is 785. The number of likely N-dealkylation sites (tertiary alicyclic amines) is 1. The largest absolute Gasteiger partial charge is 0.489 e. The second-order valence-electron chi connectivity index (χ2n) is 6.90. The van der Waals surface area contributed by atoms with E-state index in [1.165, 1.54) is 0 Å². The average molecular weight is 357 g/mol. The summed E-state index contributed by atoms with van der Waals surface area (Å²) in [5, 5.41) is 13.6. The van der Waals surface area contributed by atoms with Gasteiger partial charge in [-0.3, -0.25) is 9.59 Å².